The first-order chi connectivity index (χ1) is 7.25. The molecule has 0 fully saturated rings. The fourth-order valence-electron chi connectivity index (χ4n) is 1.48. The number of Topliss-reactive ketones (excluding diaryl/α,β-unsaturated/α-hetero) is 1. The van der Waals surface area contributed by atoms with E-state index < -0.39 is 0 Å². The van der Waals surface area contributed by atoms with Crippen molar-refractivity contribution in [1.82, 2.24) is 0 Å². The van der Waals surface area contributed by atoms with Crippen molar-refractivity contribution in [1.29, 1.82) is 0 Å². The van der Waals surface area contributed by atoms with Gasteiger partial charge >= 0.3 is 0 Å². The highest BCUT2D eigenvalue weighted by molar-refractivity contribution is 7.99. The maximum Gasteiger partial charge on any atom is 0.159 e. The van der Waals surface area contributed by atoms with Crippen LogP contribution in [0.1, 0.15) is 12.8 Å². The number of benzene rings is 1. The minimum Gasteiger partial charge on any atom is -0.295 e. The molecule has 1 aliphatic carbocycles. The standard InChI is InChI=1S/C12H11ClOS/c13-10-4-6-11(7-5-10)15-8-9-2-1-3-12(9)14/h2,4-7H,1,3,8H2. The molecule has 0 aromatic heterocycles. The molecular weight excluding hydrogens is 228 g/mol. The highest BCUT2D eigenvalue weighted by atomic mass is 35.5. The molecule has 1 nitrogen and oxygen atoms in total. The van der Waals surface area contributed by atoms with Crippen LogP contribution in [0.4, 0.5) is 0 Å². The van der Waals surface area contributed by atoms with Crippen molar-refractivity contribution < 1.29 is 4.79 Å². The molecule has 0 amide bonds. The van der Waals surface area contributed by atoms with Gasteiger partial charge in [-0.1, -0.05) is 17.7 Å². The summed E-state index contributed by atoms with van der Waals surface area (Å²) in [5.74, 6) is 1.08. The Morgan fingerprint density at radius 2 is 2.00 bits per heavy atom. The third-order valence-electron chi connectivity index (χ3n) is 2.33. The van der Waals surface area contributed by atoms with Crippen LogP contribution in [-0.4, -0.2) is 11.5 Å². The molecule has 3 heteroatoms. The normalized spacial score (nSPS) is 15.5. The first kappa shape index (κ1) is 10.8. The summed E-state index contributed by atoms with van der Waals surface area (Å²) in [6.45, 7) is 0. The maximum absolute atomic E-state index is 11.3. The van der Waals surface area contributed by atoms with Gasteiger partial charge < -0.3 is 0 Å². The Kier molecular flexibility index (Phi) is 3.49. The second-order valence-electron chi connectivity index (χ2n) is 3.43. The van der Waals surface area contributed by atoms with E-state index in [0.29, 0.717) is 12.2 Å². The topological polar surface area (TPSA) is 17.1 Å². The minimum atomic E-state index is 0.302. The number of hydrogen-bond acceptors (Lipinski definition) is 2. The van der Waals surface area contributed by atoms with Crippen LogP contribution in [0.25, 0.3) is 0 Å². The number of carbonyl (C=O) groups is 1. The van der Waals surface area contributed by atoms with Crippen molar-refractivity contribution in [3.63, 3.8) is 0 Å². The van der Waals surface area contributed by atoms with E-state index in [1.807, 2.05) is 30.3 Å². The summed E-state index contributed by atoms with van der Waals surface area (Å²) in [6.07, 6.45) is 3.65. The fourth-order valence-corrected chi connectivity index (χ4v) is 2.54. The molecule has 15 heavy (non-hydrogen) atoms. The van der Waals surface area contributed by atoms with Gasteiger partial charge in [0.2, 0.25) is 0 Å². The van der Waals surface area contributed by atoms with E-state index in [4.69, 9.17) is 11.6 Å². The molecule has 2 rings (SSSR count). The SMILES string of the molecule is O=C1CCC=C1CSc1ccc(Cl)cc1. The molecule has 0 saturated heterocycles. The molecule has 1 aromatic rings. The van der Waals surface area contributed by atoms with Gasteiger partial charge in [0.25, 0.3) is 0 Å². The zero-order chi connectivity index (χ0) is 10.7. The van der Waals surface area contributed by atoms with Crippen molar-refractivity contribution in [2.24, 2.45) is 0 Å². The number of hydrogen-bond donors (Lipinski definition) is 0. The van der Waals surface area contributed by atoms with Gasteiger partial charge in [-0.2, -0.15) is 0 Å². The summed E-state index contributed by atoms with van der Waals surface area (Å²) in [5.41, 5.74) is 0.968. The Hall–Kier alpha value is -0.730. The third kappa shape index (κ3) is 2.86. The van der Waals surface area contributed by atoms with Gasteiger partial charge in [0, 0.05) is 27.7 Å². The number of rotatable bonds is 3. The van der Waals surface area contributed by atoms with Crippen LogP contribution in [0.15, 0.2) is 40.8 Å². The van der Waals surface area contributed by atoms with Gasteiger partial charge in [0.1, 0.15) is 0 Å². The smallest absolute Gasteiger partial charge is 0.159 e. The zero-order valence-corrected chi connectivity index (χ0v) is 9.77. The van der Waals surface area contributed by atoms with E-state index in [1.54, 1.807) is 11.8 Å². The lowest BCUT2D eigenvalue weighted by Crippen LogP contribution is -1.97. The van der Waals surface area contributed by atoms with Crippen molar-refractivity contribution in [2.45, 2.75) is 17.7 Å². The van der Waals surface area contributed by atoms with Crippen LogP contribution >= 0.6 is 23.4 Å². The minimum absolute atomic E-state index is 0.302. The molecule has 0 atom stereocenters. The van der Waals surface area contributed by atoms with E-state index in [-0.39, 0.29) is 0 Å². The van der Waals surface area contributed by atoms with E-state index in [0.717, 1.165) is 27.7 Å². The molecule has 78 valence electrons. The van der Waals surface area contributed by atoms with E-state index in [1.165, 1.54) is 0 Å². The second-order valence-corrected chi connectivity index (χ2v) is 4.92. The molecule has 1 aromatic carbocycles. The Bertz CT molecular complexity index is 395. The first-order valence-corrected chi connectivity index (χ1v) is 6.22. The molecule has 0 heterocycles. The van der Waals surface area contributed by atoms with Gasteiger partial charge in [-0.15, -0.1) is 11.8 Å². The lowest BCUT2D eigenvalue weighted by molar-refractivity contribution is -0.114. The summed E-state index contributed by atoms with van der Waals surface area (Å²) in [4.78, 5) is 12.5. The lowest BCUT2D eigenvalue weighted by Gasteiger charge is -2.01. The molecule has 0 spiro atoms. The van der Waals surface area contributed by atoms with Gasteiger partial charge in [-0.05, 0) is 30.7 Å². The summed E-state index contributed by atoms with van der Waals surface area (Å²) < 4.78 is 0. The van der Waals surface area contributed by atoms with Gasteiger partial charge in [-0.25, -0.2) is 0 Å². The van der Waals surface area contributed by atoms with Gasteiger partial charge in [-0.3, -0.25) is 4.79 Å². The Morgan fingerprint density at radius 3 is 2.60 bits per heavy atom. The molecular formula is C12H11ClOS. The van der Waals surface area contributed by atoms with E-state index in [2.05, 4.69) is 0 Å². The van der Waals surface area contributed by atoms with Gasteiger partial charge in [0.05, 0.1) is 0 Å². The van der Waals surface area contributed by atoms with Crippen molar-refractivity contribution in [3.8, 4) is 0 Å². The summed E-state index contributed by atoms with van der Waals surface area (Å²) in [6, 6.07) is 7.70. The number of allylic oxidation sites excluding steroid dienone is 1. The summed E-state index contributed by atoms with van der Waals surface area (Å²) >= 11 is 7.47. The molecule has 0 saturated carbocycles. The molecule has 0 unspecified atom stereocenters. The lowest BCUT2D eigenvalue weighted by atomic mass is 10.2. The fraction of sp³-hybridized carbons (Fsp3) is 0.250. The Morgan fingerprint density at radius 1 is 1.27 bits per heavy atom. The predicted molar refractivity (Wildman–Crippen MR) is 64.5 cm³/mol. The van der Waals surface area contributed by atoms with Gasteiger partial charge in [0.15, 0.2) is 5.78 Å². The first-order valence-electron chi connectivity index (χ1n) is 4.86. The Balaban J connectivity index is 1.93. The third-order valence-corrected chi connectivity index (χ3v) is 3.64. The van der Waals surface area contributed by atoms with Crippen LogP contribution in [0.5, 0.6) is 0 Å². The number of halogens is 1. The van der Waals surface area contributed by atoms with Crippen molar-refractivity contribution in [3.05, 3.63) is 40.9 Å². The van der Waals surface area contributed by atoms with Crippen LogP contribution in [-0.2, 0) is 4.79 Å². The predicted octanol–water partition coefficient (Wildman–Crippen LogP) is 3.72. The molecule has 0 aliphatic heterocycles. The summed E-state index contributed by atoms with van der Waals surface area (Å²) in [5, 5.41) is 0.746. The van der Waals surface area contributed by atoms with Crippen LogP contribution in [0, 0.1) is 0 Å². The van der Waals surface area contributed by atoms with Crippen LogP contribution in [0.3, 0.4) is 0 Å². The number of carbonyl (C=O) groups excluding carboxylic acids is 1. The van der Waals surface area contributed by atoms with Crippen molar-refractivity contribution in [2.75, 3.05) is 5.75 Å². The zero-order valence-electron chi connectivity index (χ0n) is 8.20. The maximum atomic E-state index is 11.3. The summed E-state index contributed by atoms with van der Waals surface area (Å²) in [7, 11) is 0. The van der Waals surface area contributed by atoms with Crippen LogP contribution in [0.2, 0.25) is 5.02 Å². The monoisotopic (exact) mass is 238 g/mol. The molecule has 0 radical (unpaired) electrons. The molecule has 0 bridgehead atoms. The van der Waals surface area contributed by atoms with E-state index >= 15 is 0 Å². The average molecular weight is 239 g/mol. The molecule has 0 N–H and O–H groups in total. The average Bonchev–Trinajstić information content (AvgIpc) is 2.63. The van der Waals surface area contributed by atoms with Crippen molar-refractivity contribution >= 4 is 29.1 Å². The van der Waals surface area contributed by atoms with E-state index in [9.17, 15) is 4.79 Å². The quantitative estimate of drug-likeness (QED) is 0.747. The highest BCUT2D eigenvalue weighted by Crippen LogP contribution is 2.25. The molecule has 1 aliphatic rings. The Labute approximate surface area is 98.5 Å². The largest absolute Gasteiger partial charge is 0.295 e. The number of thioether (sulfide) groups is 1. The second kappa shape index (κ2) is 4.86. The highest BCUT2D eigenvalue weighted by Gasteiger charge is 2.14. The van der Waals surface area contributed by atoms with Crippen LogP contribution < -0.4 is 0 Å². The number of ketones is 1.